The molecule has 1 aromatic heterocycles. The Hall–Kier alpha value is -2.03. The zero-order valence-electron chi connectivity index (χ0n) is 13.9. The number of aromatic nitrogens is 1. The molecule has 0 unspecified atom stereocenters. The Morgan fingerprint density at radius 3 is 2.28 bits per heavy atom. The first kappa shape index (κ1) is 17.8. The van der Waals surface area contributed by atoms with Gasteiger partial charge < -0.3 is 4.90 Å². The molecule has 0 spiro atoms. The predicted molar refractivity (Wildman–Crippen MR) is 111 cm³/mol. The molecule has 0 aliphatic carbocycles. The van der Waals surface area contributed by atoms with Crippen LogP contribution in [0.1, 0.15) is 11.1 Å². The average molecular weight is 371 g/mol. The van der Waals surface area contributed by atoms with E-state index in [0.29, 0.717) is 11.8 Å². The van der Waals surface area contributed by atoms with Gasteiger partial charge in [-0.2, -0.15) is 0 Å². The summed E-state index contributed by atoms with van der Waals surface area (Å²) < 4.78 is 0. The summed E-state index contributed by atoms with van der Waals surface area (Å²) in [4.78, 5) is 6.60. The van der Waals surface area contributed by atoms with Crippen molar-refractivity contribution in [2.75, 3.05) is 29.7 Å². The van der Waals surface area contributed by atoms with Gasteiger partial charge in [0, 0.05) is 42.1 Å². The highest BCUT2D eigenvalue weighted by molar-refractivity contribution is 6.18. The summed E-state index contributed by atoms with van der Waals surface area (Å²) in [6.07, 6.45) is 6.11. The maximum absolute atomic E-state index is 5.88. The fourth-order valence-electron chi connectivity index (χ4n) is 2.82. The van der Waals surface area contributed by atoms with Crippen molar-refractivity contribution >= 4 is 51.9 Å². The zero-order chi connectivity index (χ0) is 17.5. The first-order valence-electron chi connectivity index (χ1n) is 8.30. The normalized spacial score (nSPS) is 11.3. The summed E-state index contributed by atoms with van der Waals surface area (Å²) in [5, 5.41) is 1.16. The molecule has 1 heterocycles. The molecule has 3 rings (SSSR count). The molecule has 25 heavy (non-hydrogen) atoms. The van der Waals surface area contributed by atoms with Gasteiger partial charge in [-0.05, 0) is 35.4 Å². The summed E-state index contributed by atoms with van der Waals surface area (Å²) in [6.45, 7) is 1.60. The molecular weight excluding hydrogens is 351 g/mol. The Morgan fingerprint density at radius 2 is 1.56 bits per heavy atom. The number of rotatable bonds is 7. The van der Waals surface area contributed by atoms with Crippen LogP contribution >= 0.6 is 23.2 Å². The topological polar surface area (TPSA) is 16.1 Å². The lowest BCUT2D eigenvalue weighted by molar-refractivity contribution is 0.874. The molecule has 0 radical (unpaired) electrons. The van der Waals surface area contributed by atoms with E-state index in [-0.39, 0.29) is 0 Å². The second kappa shape index (κ2) is 8.89. The van der Waals surface area contributed by atoms with Crippen molar-refractivity contribution in [3.8, 4) is 0 Å². The highest BCUT2D eigenvalue weighted by Crippen LogP contribution is 2.20. The third kappa shape index (κ3) is 4.53. The van der Waals surface area contributed by atoms with E-state index in [1.54, 1.807) is 0 Å². The van der Waals surface area contributed by atoms with Crippen molar-refractivity contribution in [3.63, 3.8) is 0 Å². The van der Waals surface area contributed by atoms with Gasteiger partial charge in [0.15, 0.2) is 0 Å². The smallest absolute Gasteiger partial charge is 0.0707 e. The number of hydrogen-bond donors (Lipinski definition) is 0. The van der Waals surface area contributed by atoms with Gasteiger partial charge in [-0.25, -0.2) is 0 Å². The van der Waals surface area contributed by atoms with E-state index in [4.69, 9.17) is 23.2 Å². The van der Waals surface area contributed by atoms with Crippen molar-refractivity contribution in [2.45, 2.75) is 0 Å². The molecule has 0 amide bonds. The lowest BCUT2D eigenvalue weighted by Gasteiger charge is -2.22. The minimum Gasteiger partial charge on any atom is -0.369 e. The summed E-state index contributed by atoms with van der Waals surface area (Å²) in [7, 11) is 0. The van der Waals surface area contributed by atoms with Crippen molar-refractivity contribution in [1.29, 1.82) is 0 Å². The van der Waals surface area contributed by atoms with E-state index in [1.165, 1.54) is 5.56 Å². The second-order valence-corrected chi connectivity index (χ2v) is 6.46. The van der Waals surface area contributed by atoms with Gasteiger partial charge in [0.2, 0.25) is 0 Å². The summed E-state index contributed by atoms with van der Waals surface area (Å²) in [5.41, 5.74) is 4.48. The van der Waals surface area contributed by atoms with Gasteiger partial charge in [0.25, 0.3) is 0 Å². The Balaban J connectivity index is 1.79. The van der Waals surface area contributed by atoms with E-state index in [1.807, 2.05) is 30.5 Å². The lowest BCUT2D eigenvalue weighted by Crippen LogP contribution is -2.27. The van der Waals surface area contributed by atoms with Gasteiger partial charge in [-0.1, -0.05) is 42.5 Å². The van der Waals surface area contributed by atoms with Crippen molar-refractivity contribution in [2.24, 2.45) is 0 Å². The molecule has 2 nitrogen and oxygen atoms in total. The van der Waals surface area contributed by atoms with E-state index >= 15 is 0 Å². The van der Waals surface area contributed by atoms with Crippen molar-refractivity contribution in [3.05, 3.63) is 71.9 Å². The number of nitrogens with zero attached hydrogens (tertiary/aromatic N) is 2. The Bertz CT molecular complexity index is 833. The van der Waals surface area contributed by atoms with Crippen molar-refractivity contribution in [1.82, 2.24) is 4.98 Å². The van der Waals surface area contributed by atoms with Crippen LogP contribution in [0.4, 0.5) is 5.69 Å². The first-order valence-corrected chi connectivity index (χ1v) is 9.37. The third-order valence-electron chi connectivity index (χ3n) is 4.11. The molecular formula is C21H20Cl2N2. The number of fused-ring (bicyclic) bond motifs is 1. The molecule has 0 aliphatic rings. The SMILES string of the molecule is ClCCN(CCCl)c1ccc(C=Cc2ccnc3ccccc23)cc1. The largest absolute Gasteiger partial charge is 0.369 e. The Kier molecular flexibility index (Phi) is 6.32. The predicted octanol–water partition coefficient (Wildman–Crippen LogP) is 5.69. The van der Waals surface area contributed by atoms with Gasteiger partial charge in [-0.3, -0.25) is 4.98 Å². The molecule has 0 aliphatic heterocycles. The minimum absolute atomic E-state index is 0.591. The molecule has 3 aromatic rings. The van der Waals surface area contributed by atoms with Crippen LogP contribution in [0, 0.1) is 0 Å². The zero-order valence-corrected chi connectivity index (χ0v) is 15.4. The molecule has 4 heteroatoms. The number of hydrogen-bond acceptors (Lipinski definition) is 2. The van der Waals surface area contributed by atoms with Crippen LogP contribution in [0.2, 0.25) is 0 Å². The highest BCUT2D eigenvalue weighted by atomic mass is 35.5. The van der Waals surface area contributed by atoms with Crippen molar-refractivity contribution < 1.29 is 0 Å². The number of halogens is 2. The van der Waals surface area contributed by atoms with E-state index in [9.17, 15) is 0 Å². The molecule has 2 aromatic carbocycles. The van der Waals surface area contributed by atoms with E-state index in [0.717, 1.165) is 35.2 Å². The molecule has 128 valence electrons. The monoisotopic (exact) mass is 370 g/mol. The number of alkyl halides is 2. The summed E-state index contributed by atoms with van der Waals surface area (Å²) in [6, 6.07) is 18.7. The van der Waals surface area contributed by atoms with Crippen LogP contribution in [-0.2, 0) is 0 Å². The minimum atomic E-state index is 0.591. The van der Waals surface area contributed by atoms with Crippen LogP contribution in [0.5, 0.6) is 0 Å². The van der Waals surface area contributed by atoms with Crippen LogP contribution in [0.3, 0.4) is 0 Å². The average Bonchev–Trinajstić information content (AvgIpc) is 2.66. The maximum atomic E-state index is 5.88. The second-order valence-electron chi connectivity index (χ2n) is 5.71. The molecule has 0 saturated carbocycles. The number of pyridine rings is 1. The standard InChI is InChI=1S/C21H20Cl2N2/c22-12-15-25(16-13-23)19-9-6-17(7-10-19)5-8-18-11-14-24-21-4-2-1-3-20(18)21/h1-11,14H,12-13,15-16H2. The molecule has 0 fully saturated rings. The van der Waals surface area contributed by atoms with Crippen LogP contribution in [0.15, 0.2) is 60.8 Å². The van der Waals surface area contributed by atoms with E-state index in [2.05, 4.69) is 52.4 Å². The highest BCUT2D eigenvalue weighted by Gasteiger charge is 2.04. The Labute approximate surface area is 158 Å². The quantitative estimate of drug-likeness (QED) is 0.496. The third-order valence-corrected chi connectivity index (χ3v) is 4.44. The number of para-hydroxylation sites is 1. The summed E-state index contributed by atoms with van der Waals surface area (Å²) >= 11 is 11.8. The van der Waals surface area contributed by atoms with Gasteiger partial charge >= 0.3 is 0 Å². The Morgan fingerprint density at radius 1 is 0.840 bits per heavy atom. The van der Waals surface area contributed by atoms with E-state index < -0.39 is 0 Å². The molecule has 0 N–H and O–H groups in total. The van der Waals surface area contributed by atoms with Crippen LogP contribution in [0.25, 0.3) is 23.1 Å². The number of anilines is 1. The summed E-state index contributed by atoms with van der Waals surface area (Å²) in [5.74, 6) is 1.18. The van der Waals surface area contributed by atoms with Gasteiger partial charge in [0.05, 0.1) is 5.52 Å². The van der Waals surface area contributed by atoms with Crippen LogP contribution in [-0.4, -0.2) is 29.8 Å². The van der Waals surface area contributed by atoms with Crippen LogP contribution < -0.4 is 4.90 Å². The van der Waals surface area contributed by atoms with Gasteiger partial charge in [-0.15, -0.1) is 23.2 Å². The molecule has 0 saturated heterocycles. The number of benzene rings is 2. The fourth-order valence-corrected chi connectivity index (χ4v) is 3.23. The first-order chi connectivity index (χ1) is 12.3. The molecule has 0 bridgehead atoms. The lowest BCUT2D eigenvalue weighted by atomic mass is 10.1. The maximum Gasteiger partial charge on any atom is 0.0707 e. The van der Waals surface area contributed by atoms with Gasteiger partial charge in [0.1, 0.15) is 0 Å². The fraction of sp³-hybridized carbons (Fsp3) is 0.190. The molecule has 0 atom stereocenters.